The van der Waals surface area contributed by atoms with Crippen LogP contribution in [0.2, 0.25) is 0 Å². The number of aliphatic hydroxyl groups is 1. The molecule has 0 saturated heterocycles. The van der Waals surface area contributed by atoms with Crippen LogP contribution in [0.5, 0.6) is 0 Å². The van der Waals surface area contributed by atoms with Gasteiger partial charge in [0.1, 0.15) is 0 Å². The monoisotopic (exact) mass is 279 g/mol. The molecule has 1 aromatic rings. The van der Waals surface area contributed by atoms with E-state index in [9.17, 15) is 5.11 Å². The van der Waals surface area contributed by atoms with Crippen LogP contribution in [0.4, 0.5) is 0 Å². The average Bonchev–Trinajstić information content (AvgIpc) is 3.18. The highest BCUT2D eigenvalue weighted by atomic mass is 32.1. The summed E-state index contributed by atoms with van der Waals surface area (Å²) in [5.74, 6) is 0. The van der Waals surface area contributed by atoms with Crippen molar-refractivity contribution in [2.45, 2.75) is 57.5 Å². The van der Waals surface area contributed by atoms with Crippen molar-refractivity contribution in [3.05, 3.63) is 22.4 Å². The first-order valence-corrected chi connectivity index (χ1v) is 8.57. The smallest absolute Gasteiger partial charge is 0.0499 e. The minimum atomic E-state index is 0.193. The lowest BCUT2D eigenvalue weighted by molar-refractivity contribution is 0.0350. The number of hydrogen-bond donors (Lipinski definition) is 1. The SMILES string of the molecule is OCC1(CN(Cc2cccs2)C2CC2)CCCCC1. The molecule has 0 radical (unpaired) electrons. The van der Waals surface area contributed by atoms with Gasteiger partial charge in [0.05, 0.1) is 0 Å². The van der Waals surface area contributed by atoms with E-state index in [-0.39, 0.29) is 5.41 Å². The molecule has 0 aromatic carbocycles. The summed E-state index contributed by atoms with van der Waals surface area (Å²) in [4.78, 5) is 4.11. The van der Waals surface area contributed by atoms with Gasteiger partial charge >= 0.3 is 0 Å². The van der Waals surface area contributed by atoms with E-state index in [2.05, 4.69) is 22.4 Å². The first kappa shape index (κ1) is 13.6. The van der Waals surface area contributed by atoms with Gasteiger partial charge < -0.3 is 5.11 Å². The zero-order valence-electron chi connectivity index (χ0n) is 11.7. The van der Waals surface area contributed by atoms with E-state index in [0.29, 0.717) is 6.61 Å². The number of aliphatic hydroxyl groups excluding tert-OH is 1. The molecule has 0 atom stereocenters. The molecule has 106 valence electrons. The van der Waals surface area contributed by atoms with E-state index in [1.54, 1.807) is 0 Å². The van der Waals surface area contributed by atoms with Crippen LogP contribution in [-0.4, -0.2) is 29.2 Å². The van der Waals surface area contributed by atoms with Gasteiger partial charge in [-0.05, 0) is 37.1 Å². The Hall–Kier alpha value is -0.380. The van der Waals surface area contributed by atoms with Gasteiger partial charge in [-0.15, -0.1) is 11.3 Å². The van der Waals surface area contributed by atoms with Gasteiger partial charge in [0, 0.05) is 36.0 Å². The molecule has 2 fully saturated rings. The van der Waals surface area contributed by atoms with Gasteiger partial charge in [-0.2, -0.15) is 0 Å². The molecule has 2 saturated carbocycles. The van der Waals surface area contributed by atoms with Crippen LogP contribution in [0.25, 0.3) is 0 Å². The Balaban J connectivity index is 1.66. The van der Waals surface area contributed by atoms with Crippen LogP contribution < -0.4 is 0 Å². The maximum Gasteiger partial charge on any atom is 0.0499 e. The molecule has 0 aliphatic heterocycles. The third kappa shape index (κ3) is 3.39. The lowest BCUT2D eigenvalue weighted by atomic mass is 9.74. The van der Waals surface area contributed by atoms with Gasteiger partial charge in [-0.3, -0.25) is 4.90 Å². The van der Waals surface area contributed by atoms with Crippen molar-refractivity contribution in [3.8, 4) is 0 Å². The molecule has 2 nitrogen and oxygen atoms in total. The molecule has 1 aromatic heterocycles. The second kappa shape index (κ2) is 5.94. The second-order valence-electron chi connectivity index (χ2n) is 6.43. The molecule has 0 unspecified atom stereocenters. The van der Waals surface area contributed by atoms with Crippen molar-refractivity contribution in [2.75, 3.05) is 13.2 Å². The zero-order chi connectivity index (χ0) is 13.1. The fourth-order valence-electron chi connectivity index (χ4n) is 3.46. The van der Waals surface area contributed by atoms with E-state index < -0.39 is 0 Å². The second-order valence-corrected chi connectivity index (χ2v) is 7.47. The van der Waals surface area contributed by atoms with E-state index >= 15 is 0 Å². The molecular formula is C16H25NOS. The standard InChI is InChI=1S/C16H25NOS/c18-13-16(8-2-1-3-9-16)12-17(14-6-7-14)11-15-5-4-10-19-15/h4-5,10,14,18H,1-3,6-9,11-13H2. The van der Waals surface area contributed by atoms with Gasteiger partial charge in [0.25, 0.3) is 0 Å². The number of nitrogens with zero attached hydrogens (tertiary/aromatic N) is 1. The first-order valence-electron chi connectivity index (χ1n) is 7.69. The van der Waals surface area contributed by atoms with Crippen LogP contribution in [0.3, 0.4) is 0 Å². The maximum absolute atomic E-state index is 9.89. The van der Waals surface area contributed by atoms with Crippen molar-refractivity contribution >= 4 is 11.3 Å². The van der Waals surface area contributed by atoms with Crippen LogP contribution in [-0.2, 0) is 6.54 Å². The summed E-state index contributed by atoms with van der Waals surface area (Å²) in [5.41, 5.74) is 0.193. The van der Waals surface area contributed by atoms with Crippen molar-refractivity contribution in [1.82, 2.24) is 4.90 Å². The van der Waals surface area contributed by atoms with E-state index in [1.807, 2.05) is 11.3 Å². The predicted molar refractivity (Wildman–Crippen MR) is 80.4 cm³/mol. The van der Waals surface area contributed by atoms with Crippen LogP contribution in [0, 0.1) is 5.41 Å². The number of rotatable bonds is 6. The molecule has 0 amide bonds. The highest BCUT2D eigenvalue weighted by Gasteiger charge is 2.38. The largest absolute Gasteiger partial charge is 0.396 e. The summed E-state index contributed by atoms with van der Waals surface area (Å²) >= 11 is 1.86. The average molecular weight is 279 g/mol. The summed E-state index contributed by atoms with van der Waals surface area (Å²) in [6.07, 6.45) is 9.11. The van der Waals surface area contributed by atoms with Gasteiger partial charge in [0.2, 0.25) is 0 Å². The fourth-order valence-corrected chi connectivity index (χ4v) is 4.18. The third-order valence-corrected chi connectivity index (χ3v) is 5.65. The summed E-state index contributed by atoms with van der Waals surface area (Å²) in [7, 11) is 0. The lowest BCUT2D eigenvalue weighted by Crippen LogP contribution is -2.42. The number of thiophene rings is 1. The summed E-state index contributed by atoms with van der Waals surface area (Å²) in [6, 6.07) is 5.17. The minimum absolute atomic E-state index is 0.193. The molecule has 0 spiro atoms. The molecule has 3 heteroatoms. The normalized spacial score (nSPS) is 22.8. The van der Waals surface area contributed by atoms with Crippen molar-refractivity contribution < 1.29 is 5.11 Å². The highest BCUT2D eigenvalue weighted by Crippen LogP contribution is 2.40. The van der Waals surface area contributed by atoms with Crippen molar-refractivity contribution in [2.24, 2.45) is 5.41 Å². The Kier molecular flexibility index (Phi) is 4.25. The van der Waals surface area contributed by atoms with Crippen LogP contribution >= 0.6 is 11.3 Å². The molecule has 2 aliphatic carbocycles. The maximum atomic E-state index is 9.89. The summed E-state index contributed by atoms with van der Waals surface area (Å²) < 4.78 is 0. The molecule has 1 heterocycles. The molecule has 19 heavy (non-hydrogen) atoms. The van der Waals surface area contributed by atoms with E-state index in [0.717, 1.165) is 19.1 Å². The summed E-state index contributed by atoms with van der Waals surface area (Å²) in [6.45, 7) is 2.57. The van der Waals surface area contributed by atoms with Crippen LogP contribution in [0.1, 0.15) is 49.8 Å². The topological polar surface area (TPSA) is 23.5 Å². The Morgan fingerprint density at radius 1 is 1.26 bits per heavy atom. The third-order valence-electron chi connectivity index (χ3n) is 4.79. The Bertz CT molecular complexity index is 379. The quantitative estimate of drug-likeness (QED) is 0.859. The lowest BCUT2D eigenvalue weighted by Gasteiger charge is -2.40. The van der Waals surface area contributed by atoms with Gasteiger partial charge in [-0.25, -0.2) is 0 Å². The minimum Gasteiger partial charge on any atom is -0.396 e. The van der Waals surface area contributed by atoms with E-state index in [4.69, 9.17) is 0 Å². The van der Waals surface area contributed by atoms with Gasteiger partial charge in [0.15, 0.2) is 0 Å². The Labute approximate surface area is 120 Å². The molecule has 2 aliphatic rings. The molecular weight excluding hydrogens is 254 g/mol. The highest BCUT2D eigenvalue weighted by molar-refractivity contribution is 7.09. The van der Waals surface area contributed by atoms with Crippen molar-refractivity contribution in [3.63, 3.8) is 0 Å². The Morgan fingerprint density at radius 2 is 2.05 bits per heavy atom. The molecule has 0 bridgehead atoms. The first-order chi connectivity index (χ1) is 9.31. The molecule has 3 rings (SSSR count). The van der Waals surface area contributed by atoms with Crippen LogP contribution in [0.15, 0.2) is 17.5 Å². The van der Waals surface area contributed by atoms with E-state index in [1.165, 1.54) is 49.8 Å². The molecule has 1 N–H and O–H groups in total. The zero-order valence-corrected chi connectivity index (χ0v) is 12.5. The Morgan fingerprint density at radius 3 is 2.63 bits per heavy atom. The predicted octanol–water partition coefficient (Wildman–Crippen LogP) is 3.66. The fraction of sp³-hybridized carbons (Fsp3) is 0.750. The van der Waals surface area contributed by atoms with Crippen molar-refractivity contribution in [1.29, 1.82) is 0 Å². The number of hydrogen-bond acceptors (Lipinski definition) is 3. The van der Waals surface area contributed by atoms with Gasteiger partial charge in [-0.1, -0.05) is 25.3 Å². The summed E-state index contributed by atoms with van der Waals surface area (Å²) in [5, 5.41) is 12.1.